The number of rotatable bonds is 3. The molecule has 3 rings (SSSR count). The first-order chi connectivity index (χ1) is 12.4. The quantitative estimate of drug-likeness (QED) is 0.654. The van der Waals surface area contributed by atoms with E-state index in [1.165, 1.54) is 6.26 Å². The third-order valence-electron chi connectivity index (χ3n) is 4.72. The number of nitrogens with zero attached hydrogens (tertiary/aromatic N) is 3. The zero-order valence-corrected chi connectivity index (χ0v) is 18.5. The second-order valence-corrected chi connectivity index (χ2v) is 10.8. The molecule has 1 saturated carbocycles. The van der Waals surface area contributed by atoms with Gasteiger partial charge in [0.15, 0.2) is 9.84 Å². The highest BCUT2D eigenvalue weighted by molar-refractivity contribution is 9.10. The average Bonchev–Trinajstić information content (AvgIpc) is 2.82. The standard InChI is InChI=1S/C18H24BrN3O4S/c1-18(2,3)26-17(23)21(4)11-8-12(9-11)22-10-14(27(5,24)25)13-6-7-15(19)20-16(13)22/h6-7,10-12H,8-9H2,1-5H3. The molecule has 0 aromatic carbocycles. The minimum Gasteiger partial charge on any atom is -0.444 e. The molecule has 0 atom stereocenters. The summed E-state index contributed by atoms with van der Waals surface area (Å²) in [5.74, 6) is 0. The van der Waals surface area contributed by atoms with Crippen LogP contribution in [-0.2, 0) is 14.6 Å². The third-order valence-corrected chi connectivity index (χ3v) is 6.28. The van der Waals surface area contributed by atoms with Crippen molar-refractivity contribution in [1.82, 2.24) is 14.5 Å². The summed E-state index contributed by atoms with van der Waals surface area (Å²) >= 11 is 3.35. The lowest BCUT2D eigenvalue weighted by atomic mass is 9.85. The minimum atomic E-state index is -3.36. The monoisotopic (exact) mass is 457 g/mol. The number of aromatic nitrogens is 2. The molecule has 0 N–H and O–H groups in total. The molecule has 1 amide bonds. The molecule has 27 heavy (non-hydrogen) atoms. The maximum absolute atomic E-state index is 12.2. The number of hydrogen-bond donors (Lipinski definition) is 0. The van der Waals surface area contributed by atoms with Crippen LogP contribution in [0.15, 0.2) is 27.8 Å². The molecule has 0 radical (unpaired) electrons. The van der Waals surface area contributed by atoms with Crippen LogP contribution in [-0.4, -0.2) is 53.9 Å². The molecule has 0 bridgehead atoms. The van der Waals surface area contributed by atoms with Gasteiger partial charge in [0.1, 0.15) is 15.9 Å². The fourth-order valence-corrected chi connectivity index (χ4v) is 4.39. The van der Waals surface area contributed by atoms with Crippen LogP contribution in [0, 0.1) is 0 Å². The number of carbonyl (C=O) groups excluding carboxylic acids is 1. The van der Waals surface area contributed by atoms with E-state index in [1.807, 2.05) is 25.3 Å². The Morgan fingerprint density at radius 3 is 2.52 bits per heavy atom. The summed E-state index contributed by atoms with van der Waals surface area (Å²) in [5.41, 5.74) is 0.0966. The normalized spacial score (nSPS) is 20.4. The van der Waals surface area contributed by atoms with Gasteiger partial charge in [0.2, 0.25) is 0 Å². The van der Waals surface area contributed by atoms with Crippen molar-refractivity contribution < 1.29 is 17.9 Å². The minimum absolute atomic E-state index is 0.0520. The van der Waals surface area contributed by atoms with E-state index in [4.69, 9.17) is 4.74 Å². The first-order valence-electron chi connectivity index (χ1n) is 8.70. The predicted octanol–water partition coefficient (Wildman–Crippen LogP) is 3.77. The molecule has 2 aromatic heterocycles. The zero-order valence-electron chi connectivity index (χ0n) is 16.1. The molecule has 9 heteroatoms. The Kier molecular flexibility index (Phi) is 5.05. The van der Waals surface area contributed by atoms with Gasteiger partial charge in [-0.2, -0.15) is 0 Å². The molecule has 1 aliphatic carbocycles. The molecular weight excluding hydrogens is 434 g/mol. The first kappa shape index (κ1) is 20.1. The van der Waals surface area contributed by atoms with Crippen molar-refractivity contribution in [3.63, 3.8) is 0 Å². The number of halogens is 1. The highest BCUT2D eigenvalue weighted by Gasteiger charge is 2.38. The van der Waals surface area contributed by atoms with E-state index in [0.717, 1.165) is 12.8 Å². The summed E-state index contributed by atoms with van der Waals surface area (Å²) in [6, 6.07) is 3.64. The Labute approximate surface area is 167 Å². The lowest BCUT2D eigenvalue weighted by Gasteiger charge is -2.42. The predicted molar refractivity (Wildman–Crippen MR) is 107 cm³/mol. The molecule has 2 heterocycles. The Bertz CT molecular complexity index is 988. The van der Waals surface area contributed by atoms with E-state index in [-0.39, 0.29) is 23.1 Å². The number of amides is 1. The number of pyridine rings is 1. The SMILES string of the molecule is CN(C(=O)OC(C)(C)C)C1CC(n2cc(S(C)(=O)=O)c3ccc(Br)nc32)C1. The molecule has 1 fully saturated rings. The number of fused-ring (bicyclic) bond motifs is 1. The number of sulfone groups is 1. The van der Waals surface area contributed by atoms with Crippen LogP contribution in [0.2, 0.25) is 0 Å². The summed E-state index contributed by atoms with van der Waals surface area (Å²) in [6.45, 7) is 5.51. The maximum atomic E-state index is 12.2. The van der Waals surface area contributed by atoms with Crippen molar-refractivity contribution in [3.8, 4) is 0 Å². The number of carbonyl (C=O) groups is 1. The van der Waals surface area contributed by atoms with Crippen LogP contribution in [0.4, 0.5) is 4.79 Å². The van der Waals surface area contributed by atoms with Crippen LogP contribution in [0.1, 0.15) is 39.7 Å². The highest BCUT2D eigenvalue weighted by atomic mass is 79.9. The van der Waals surface area contributed by atoms with Crippen molar-refractivity contribution in [1.29, 1.82) is 0 Å². The van der Waals surface area contributed by atoms with Crippen molar-refractivity contribution in [2.24, 2.45) is 0 Å². The van der Waals surface area contributed by atoms with E-state index < -0.39 is 15.4 Å². The molecule has 148 valence electrons. The van der Waals surface area contributed by atoms with Gasteiger partial charge in [0.05, 0.1) is 4.90 Å². The second kappa shape index (κ2) is 6.77. The Balaban J connectivity index is 1.83. The topological polar surface area (TPSA) is 81.5 Å². The van der Waals surface area contributed by atoms with E-state index in [9.17, 15) is 13.2 Å². The van der Waals surface area contributed by atoms with Crippen molar-refractivity contribution in [2.75, 3.05) is 13.3 Å². The largest absolute Gasteiger partial charge is 0.444 e. The molecule has 0 unspecified atom stereocenters. The maximum Gasteiger partial charge on any atom is 0.410 e. The van der Waals surface area contributed by atoms with Gasteiger partial charge < -0.3 is 14.2 Å². The van der Waals surface area contributed by atoms with E-state index in [0.29, 0.717) is 15.6 Å². The second-order valence-electron chi connectivity index (χ2n) is 8.05. The smallest absolute Gasteiger partial charge is 0.410 e. The first-order valence-corrected chi connectivity index (χ1v) is 11.4. The summed E-state index contributed by atoms with van der Waals surface area (Å²) in [4.78, 5) is 18.6. The lowest BCUT2D eigenvalue weighted by Crippen LogP contribution is -2.47. The van der Waals surface area contributed by atoms with E-state index >= 15 is 0 Å². The van der Waals surface area contributed by atoms with Crippen LogP contribution in [0.25, 0.3) is 11.0 Å². The number of ether oxygens (including phenoxy) is 1. The summed E-state index contributed by atoms with van der Waals surface area (Å²) in [7, 11) is -1.63. The molecule has 1 aliphatic rings. The fraction of sp³-hybridized carbons (Fsp3) is 0.556. The summed E-state index contributed by atoms with van der Waals surface area (Å²) in [5, 5.41) is 0.615. The lowest BCUT2D eigenvalue weighted by molar-refractivity contribution is 0.00807. The van der Waals surface area contributed by atoms with Crippen molar-refractivity contribution in [2.45, 2.75) is 56.2 Å². The Hall–Kier alpha value is -1.61. The number of hydrogen-bond acceptors (Lipinski definition) is 5. The van der Waals surface area contributed by atoms with Crippen LogP contribution < -0.4 is 0 Å². The van der Waals surface area contributed by atoms with Gasteiger partial charge in [-0.3, -0.25) is 0 Å². The molecule has 0 aliphatic heterocycles. The molecular formula is C18H24BrN3O4S. The van der Waals surface area contributed by atoms with Crippen molar-refractivity contribution in [3.05, 3.63) is 22.9 Å². The van der Waals surface area contributed by atoms with Gasteiger partial charge in [-0.15, -0.1) is 0 Å². The van der Waals surface area contributed by atoms with Gasteiger partial charge in [0.25, 0.3) is 0 Å². The van der Waals surface area contributed by atoms with Gasteiger partial charge in [-0.05, 0) is 61.7 Å². The van der Waals surface area contributed by atoms with Gasteiger partial charge in [-0.25, -0.2) is 18.2 Å². The zero-order chi connectivity index (χ0) is 20.1. The Morgan fingerprint density at radius 2 is 1.96 bits per heavy atom. The van der Waals surface area contributed by atoms with E-state index in [1.54, 1.807) is 30.3 Å². The van der Waals surface area contributed by atoms with Gasteiger partial charge >= 0.3 is 6.09 Å². The van der Waals surface area contributed by atoms with Crippen LogP contribution in [0.3, 0.4) is 0 Å². The molecule has 0 spiro atoms. The third kappa shape index (κ3) is 4.13. The van der Waals surface area contributed by atoms with Crippen LogP contribution >= 0.6 is 15.9 Å². The summed E-state index contributed by atoms with van der Waals surface area (Å²) < 4.78 is 32.3. The van der Waals surface area contributed by atoms with Crippen molar-refractivity contribution >= 4 is 42.9 Å². The Morgan fingerprint density at radius 1 is 1.33 bits per heavy atom. The molecule has 0 saturated heterocycles. The highest BCUT2D eigenvalue weighted by Crippen LogP contribution is 2.39. The van der Waals surface area contributed by atoms with Gasteiger partial charge in [-0.1, -0.05) is 0 Å². The van der Waals surface area contributed by atoms with E-state index in [2.05, 4.69) is 20.9 Å². The average molecular weight is 458 g/mol. The summed E-state index contributed by atoms with van der Waals surface area (Å²) in [6.07, 6.45) is 3.95. The fourth-order valence-electron chi connectivity index (χ4n) is 3.23. The molecule has 2 aromatic rings. The van der Waals surface area contributed by atoms with Gasteiger partial charge in [0, 0.05) is 37.0 Å². The van der Waals surface area contributed by atoms with Crippen LogP contribution in [0.5, 0.6) is 0 Å². The molecule has 7 nitrogen and oxygen atoms in total.